The first-order chi connectivity index (χ1) is 4.70. The zero-order valence-electron chi connectivity index (χ0n) is 5.11. The number of esters is 1. The second-order valence-corrected chi connectivity index (χ2v) is 2.75. The lowest BCUT2D eigenvalue weighted by Gasteiger charge is -1.89. The fraction of sp³-hybridized carbons (Fsp3) is 0.600. The van der Waals surface area contributed by atoms with Crippen LogP contribution in [-0.2, 0) is 19.8 Å². The largest absolute Gasteiger partial charge is 0.465 e. The molecular formula is C5H6O4S. The quantitative estimate of drug-likeness (QED) is 0.375. The average Bonchev–Trinajstić information content (AvgIpc) is 2.15. The lowest BCUT2D eigenvalue weighted by Crippen LogP contribution is -2.08. The van der Waals surface area contributed by atoms with Crippen LogP contribution in [0.3, 0.4) is 0 Å². The van der Waals surface area contributed by atoms with E-state index in [4.69, 9.17) is 0 Å². The standard InChI is InChI=1S/C5H6O4S/c6-5-4(1-2-9-5)3-10(7)8/h3-4H,1-2H2. The molecule has 5 heteroatoms. The summed E-state index contributed by atoms with van der Waals surface area (Å²) in [5.74, 6) is -0.984. The third kappa shape index (κ3) is 1.57. The molecule has 0 saturated carbocycles. The monoisotopic (exact) mass is 162 g/mol. The molecule has 1 heterocycles. The molecule has 56 valence electrons. The van der Waals surface area contributed by atoms with Crippen LogP contribution >= 0.6 is 0 Å². The predicted molar refractivity (Wildman–Crippen MR) is 34.0 cm³/mol. The lowest BCUT2D eigenvalue weighted by molar-refractivity contribution is -0.139. The summed E-state index contributed by atoms with van der Waals surface area (Å²) in [7, 11) is -2.25. The molecule has 0 N–H and O–H groups in total. The van der Waals surface area contributed by atoms with Crippen LogP contribution in [0.15, 0.2) is 0 Å². The fourth-order valence-corrected chi connectivity index (χ4v) is 1.28. The van der Waals surface area contributed by atoms with E-state index in [1.165, 1.54) is 0 Å². The molecule has 0 spiro atoms. The van der Waals surface area contributed by atoms with Crippen molar-refractivity contribution in [2.75, 3.05) is 6.61 Å². The molecule has 1 rings (SSSR count). The zero-order chi connectivity index (χ0) is 7.56. The van der Waals surface area contributed by atoms with Crippen LogP contribution in [0.25, 0.3) is 0 Å². The maximum absolute atomic E-state index is 10.6. The number of ether oxygens (including phenoxy) is 1. The Morgan fingerprint density at radius 1 is 1.60 bits per heavy atom. The Morgan fingerprint density at radius 2 is 2.30 bits per heavy atom. The Balaban J connectivity index is 2.75. The van der Waals surface area contributed by atoms with Gasteiger partial charge in [-0.3, -0.25) is 4.79 Å². The third-order valence-electron chi connectivity index (χ3n) is 1.25. The van der Waals surface area contributed by atoms with Gasteiger partial charge in [-0.2, -0.15) is 8.42 Å². The van der Waals surface area contributed by atoms with Crippen LogP contribution in [0.5, 0.6) is 0 Å². The maximum atomic E-state index is 10.6. The minimum Gasteiger partial charge on any atom is -0.465 e. The number of cyclic esters (lactones) is 1. The smallest absolute Gasteiger partial charge is 0.313 e. The summed E-state index contributed by atoms with van der Waals surface area (Å²) in [6, 6.07) is 0. The van der Waals surface area contributed by atoms with Gasteiger partial charge in [-0.15, -0.1) is 0 Å². The molecular weight excluding hydrogens is 156 g/mol. The molecule has 0 aliphatic carbocycles. The van der Waals surface area contributed by atoms with Crippen molar-refractivity contribution in [3.63, 3.8) is 0 Å². The van der Waals surface area contributed by atoms with Gasteiger partial charge in [0, 0.05) is 0 Å². The Labute approximate surface area is 59.3 Å². The molecule has 1 aliphatic heterocycles. The van der Waals surface area contributed by atoms with Crippen molar-refractivity contribution in [2.24, 2.45) is 5.92 Å². The van der Waals surface area contributed by atoms with Crippen molar-refractivity contribution in [3.8, 4) is 0 Å². The summed E-state index contributed by atoms with van der Waals surface area (Å²) >= 11 is 0. The fourth-order valence-electron chi connectivity index (χ4n) is 0.769. The SMILES string of the molecule is O=C1OCCC1C=S(=O)=O. The van der Waals surface area contributed by atoms with Crippen LogP contribution in [0, 0.1) is 5.92 Å². The normalized spacial score (nSPS) is 24.0. The number of carbonyl (C=O) groups is 1. The van der Waals surface area contributed by atoms with Crippen molar-refractivity contribution in [1.29, 1.82) is 0 Å². The molecule has 4 nitrogen and oxygen atoms in total. The minimum absolute atomic E-state index is 0.331. The van der Waals surface area contributed by atoms with Gasteiger partial charge >= 0.3 is 5.97 Å². The highest BCUT2D eigenvalue weighted by atomic mass is 32.2. The second-order valence-electron chi connectivity index (χ2n) is 1.96. The van der Waals surface area contributed by atoms with E-state index in [1.807, 2.05) is 0 Å². The molecule has 0 aromatic heterocycles. The van der Waals surface area contributed by atoms with E-state index < -0.39 is 22.2 Å². The van der Waals surface area contributed by atoms with Gasteiger partial charge in [-0.05, 0) is 6.42 Å². The summed E-state index contributed by atoms with van der Waals surface area (Å²) in [5.41, 5.74) is 0. The van der Waals surface area contributed by atoms with Crippen molar-refractivity contribution in [2.45, 2.75) is 6.42 Å². The lowest BCUT2D eigenvalue weighted by atomic mass is 10.1. The summed E-state index contributed by atoms with van der Waals surface area (Å²) in [5, 5.41) is 0.968. The van der Waals surface area contributed by atoms with Crippen molar-refractivity contribution in [3.05, 3.63) is 0 Å². The van der Waals surface area contributed by atoms with Gasteiger partial charge in [0.05, 0.1) is 17.9 Å². The van der Waals surface area contributed by atoms with Crippen molar-refractivity contribution >= 4 is 21.6 Å². The van der Waals surface area contributed by atoms with E-state index in [9.17, 15) is 13.2 Å². The first-order valence-electron chi connectivity index (χ1n) is 2.80. The number of rotatable bonds is 1. The van der Waals surface area contributed by atoms with Crippen molar-refractivity contribution in [1.82, 2.24) is 0 Å². The molecule has 0 amide bonds. The topological polar surface area (TPSA) is 60.4 Å². The molecule has 0 bridgehead atoms. The van der Waals surface area contributed by atoms with E-state index in [0.29, 0.717) is 13.0 Å². The zero-order valence-corrected chi connectivity index (χ0v) is 5.93. The summed E-state index contributed by atoms with van der Waals surface area (Å²) in [4.78, 5) is 10.6. The maximum Gasteiger partial charge on any atom is 0.313 e. The first-order valence-corrected chi connectivity index (χ1v) is 3.93. The van der Waals surface area contributed by atoms with E-state index in [2.05, 4.69) is 4.74 Å². The van der Waals surface area contributed by atoms with Gasteiger partial charge in [0.2, 0.25) is 10.3 Å². The number of hydrogen-bond acceptors (Lipinski definition) is 4. The van der Waals surface area contributed by atoms with E-state index in [0.717, 1.165) is 5.37 Å². The summed E-state index contributed by atoms with van der Waals surface area (Å²) in [6.07, 6.45) is 0.479. The molecule has 0 aromatic carbocycles. The second kappa shape index (κ2) is 2.83. The molecule has 1 atom stereocenters. The van der Waals surface area contributed by atoms with Crippen LogP contribution < -0.4 is 0 Å². The van der Waals surface area contributed by atoms with E-state index >= 15 is 0 Å². The van der Waals surface area contributed by atoms with Gasteiger partial charge in [0.25, 0.3) is 0 Å². The molecule has 1 aliphatic rings. The van der Waals surface area contributed by atoms with E-state index in [-0.39, 0.29) is 0 Å². The van der Waals surface area contributed by atoms with Crippen LogP contribution in [0.1, 0.15) is 6.42 Å². The van der Waals surface area contributed by atoms with Gasteiger partial charge in [-0.25, -0.2) is 0 Å². The number of carbonyl (C=O) groups excluding carboxylic acids is 1. The highest BCUT2D eigenvalue weighted by molar-refractivity contribution is 7.71. The first kappa shape index (κ1) is 7.27. The molecule has 1 saturated heterocycles. The Hall–Kier alpha value is -0.840. The third-order valence-corrected chi connectivity index (χ3v) is 1.80. The Kier molecular flexibility index (Phi) is 2.06. The predicted octanol–water partition coefficient (Wildman–Crippen LogP) is -0.769. The molecule has 0 radical (unpaired) electrons. The minimum atomic E-state index is -2.25. The van der Waals surface area contributed by atoms with Crippen LogP contribution in [0.4, 0.5) is 0 Å². The summed E-state index contributed by atoms with van der Waals surface area (Å²) < 4.78 is 24.6. The molecule has 10 heavy (non-hydrogen) atoms. The Bertz CT molecular complexity index is 255. The molecule has 1 fully saturated rings. The van der Waals surface area contributed by atoms with E-state index in [1.54, 1.807) is 0 Å². The van der Waals surface area contributed by atoms with Gasteiger partial charge in [0.1, 0.15) is 0 Å². The number of hydrogen-bond donors (Lipinski definition) is 0. The molecule has 1 unspecified atom stereocenters. The highest BCUT2D eigenvalue weighted by Crippen LogP contribution is 2.10. The van der Waals surface area contributed by atoms with Crippen LogP contribution in [0.2, 0.25) is 0 Å². The van der Waals surface area contributed by atoms with Gasteiger partial charge in [-0.1, -0.05) is 0 Å². The summed E-state index contributed by atoms with van der Waals surface area (Å²) in [6.45, 7) is 0.331. The van der Waals surface area contributed by atoms with Crippen molar-refractivity contribution < 1.29 is 17.9 Å². The molecule has 0 aromatic rings. The van der Waals surface area contributed by atoms with Gasteiger partial charge in [0.15, 0.2) is 0 Å². The Morgan fingerprint density at radius 3 is 2.70 bits per heavy atom. The van der Waals surface area contributed by atoms with Crippen LogP contribution in [-0.4, -0.2) is 26.4 Å². The van der Waals surface area contributed by atoms with Gasteiger partial charge < -0.3 is 4.74 Å². The average molecular weight is 162 g/mol. The highest BCUT2D eigenvalue weighted by Gasteiger charge is 2.24.